The molecule has 5 aromatic rings. The SMILES string of the molecule is Cc1sc2cnccc2c1-c1cc2c(-c3cnn([C@H]4CC[C@H](OC(=O)C(F)(F)F)CC4)c3)cnc(N)c2o1. The first-order valence-electron chi connectivity index (χ1n) is 12.0. The number of hydrogen-bond donors (Lipinski definition) is 1. The van der Waals surface area contributed by atoms with Gasteiger partial charge >= 0.3 is 12.1 Å². The van der Waals surface area contributed by atoms with Crippen LogP contribution in [0, 0.1) is 6.92 Å². The molecule has 0 bridgehead atoms. The number of nitrogens with two attached hydrogens (primary N) is 1. The molecule has 5 aromatic heterocycles. The van der Waals surface area contributed by atoms with Crippen LogP contribution in [0.3, 0.4) is 0 Å². The number of anilines is 1. The van der Waals surface area contributed by atoms with E-state index in [2.05, 4.69) is 19.8 Å². The van der Waals surface area contributed by atoms with Crippen LogP contribution in [0.25, 0.3) is 43.5 Å². The molecule has 8 nitrogen and oxygen atoms in total. The lowest BCUT2D eigenvalue weighted by Crippen LogP contribution is -2.32. The smallest absolute Gasteiger partial charge is 0.456 e. The molecule has 0 amide bonds. The Kier molecular flexibility index (Phi) is 5.86. The number of rotatable bonds is 4. The molecule has 5 heterocycles. The van der Waals surface area contributed by atoms with Crippen LogP contribution in [-0.2, 0) is 9.53 Å². The van der Waals surface area contributed by atoms with Gasteiger partial charge in [-0.25, -0.2) is 9.78 Å². The van der Waals surface area contributed by atoms with Crippen LogP contribution in [0.1, 0.15) is 36.6 Å². The Labute approximate surface area is 218 Å². The zero-order valence-electron chi connectivity index (χ0n) is 20.2. The molecule has 2 N–H and O–H groups in total. The van der Waals surface area contributed by atoms with Gasteiger partial charge in [-0.3, -0.25) is 9.67 Å². The number of nitrogens with zero attached hydrogens (tertiary/aromatic N) is 4. The van der Waals surface area contributed by atoms with Gasteiger partial charge in [-0.1, -0.05) is 0 Å². The molecule has 0 atom stereocenters. The van der Waals surface area contributed by atoms with E-state index in [4.69, 9.17) is 10.2 Å². The van der Waals surface area contributed by atoms with E-state index >= 15 is 0 Å². The molecule has 1 saturated carbocycles. The van der Waals surface area contributed by atoms with Crippen LogP contribution in [0.2, 0.25) is 0 Å². The Morgan fingerprint density at radius 3 is 2.74 bits per heavy atom. The molecule has 0 aromatic carbocycles. The number of ether oxygens (including phenoxy) is 1. The number of furan rings is 1. The second-order valence-corrected chi connectivity index (χ2v) is 10.6. The summed E-state index contributed by atoms with van der Waals surface area (Å²) in [6.07, 6.45) is 4.94. The summed E-state index contributed by atoms with van der Waals surface area (Å²) >= 11 is 1.65. The van der Waals surface area contributed by atoms with Crippen molar-refractivity contribution in [2.24, 2.45) is 0 Å². The number of alkyl halides is 3. The first-order valence-corrected chi connectivity index (χ1v) is 12.8. The quantitative estimate of drug-likeness (QED) is 0.261. The highest BCUT2D eigenvalue weighted by Gasteiger charge is 2.42. The van der Waals surface area contributed by atoms with Gasteiger partial charge in [0, 0.05) is 57.1 Å². The highest BCUT2D eigenvalue weighted by atomic mass is 32.1. The van der Waals surface area contributed by atoms with E-state index in [0.717, 1.165) is 37.0 Å². The normalized spacial score (nSPS) is 18.3. The van der Waals surface area contributed by atoms with Gasteiger partial charge in [-0.2, -0.15) is 18.3 Å². The fourth-order valence-electron chi connectivity index (χ4n) is 5.10. The number of nitrogen functional groups attached to an aromatic ring is 1. The predicted molar refractivity (Wildman–Crippen MR) is 136 cm³/mol. The maximum Gasteiger partial charge on any atom is 0.490 e. The van der Waals surface area contributed by atoms with Crippen LogP contribution in [0.5, 0.6) is 0 Å². The molecular formula is C26H22F3N5O3S. The van der Waals surface area contributed by atoms with Gasteiger partial charge in [0.25, 0.3) is 0 Å². The van der Waals surface area contributed by atoms with E-state index in [-0.39, 0.29) is 11.9 Å². The minimum absolute atomic E-state index is 0.0184. The average molecular weight is 542 g/mol. The van der Waals surface area contributed by atoms with E-state index in [1.54, 1.807) is 29.9 Å². The monoisotopic (exact) mass is 541 g/mol. The highest BCUT2D eigenvalue weighted by Crippen LogP contribution is 2.43. The van der Waals surface area contributed by atoms with Crippen molar-refractivity contribution >= 4 is 44.2 Å². The first-order chi connectivity index (χ1) is 18.2. The topological polar surface area (TPSA) is 109 Å². The molecule has 1 fully saturated rings. The van der Waals surface area contributed by atoms with Crippen LogP contribution in [0.15, 0.2) is 47.5 Å². The predicted octanol–water partition coefficient (Wildman–Crippen LogP) is 6.45. The number of halogens is 3. The summed E-state index contributed by atoms with van der Waals surface area (Å²) in [6.45, 7) is 2.04. The molecule has 0 aliphatic heterocycles. The summed E-state index contributed by atoms with van der Waals surface area (Å²) in [5, 5.41) is 6.38. The van der Waals surface area contributed by atoms with Crippen LogP contribution in [0.4, 0.5) is 19.0 Å². The van der Waals surface area contributed by atoms with Crippen molar-refractivity contribution < 1.29 is 27.1 Å². The highest BCUT2D eigenvalue weighted by molar-refractivity contribution is 7.19. The van der Waals surface area contributed by atoms with Crippen molar-refractivity contribution in [1.82, 2.24) is 19.7 Å². The summed E-state index contributed by atoms with van der Waals surface area (Å²) in [7, 11) is 0. The number of fused-ring (bicyclic) bond motifs is 2. The van der Waals surface area contributed by atoms with E-state index in [0.29, 0.717) is 37.0 Å². The molecule has 0 saturated heterocycles. The zero-order chi connectivity index (χ0) is 26.6. The van der Waals surface area contributed by atoms with Crippen LogP contribution < -0.4 is 5.73 Å². The van der Waals surface area contributed by atoms with Gasteiger partial charge in [-0.15, -0.1) is 11.3 Å². The Morgan fingerprint density at radius 2 is 1.97 bits per heavy atom. The molecule has 6 rings (SSSR count). The summed E-state index contributed by atoms with van der Waals surface area (Å²) in [5.41, 5.74) is 9.29. The molecule has 0 unspecified atom stereocenters. The summed E-state index contributed by atoms with van der Waals surface area (Å²) in [5.74, 6) is -1.16. The van der Waals surface area contributed by atoms with Crippen molar-refractivity contribution in [2.45, 2.75) is 50.9 Å². The minimum Gasteiger partial charge on any atom is -0.456 e. The Morgan fingerprint density at radius 1 is 1.18 bits per heavy atom. The number of hydrogen-bond acceptors (Lipinski definition) is 8. The fraction of sp³-hybridized carbons (Fsp3) is 0.308. The third kappa shape index (κ3) is 4.28. The van der Waals surface area contributed by atoms with Gasteiger partial charge in [0.1, 0.15) is 11.9 Å². The van der Waals surface area contributed by atoms with E-state index in [9.17, 15) is 18.0 Å². The fourth-order valence-corrected chi connectivity index (χ4v) is 6.14. The lowest BCUT2D eigenvalue weighted by molar-refractivity contribution is -0.206. The summed E-state index contributed by atoms with van der Waals surface area (Å²) < 4.78 is 51.2. The van der Waals surface area contributed by atoms with E-state index in [1.807, 2.05) is 36.1 Å². The van der Waals surface area contributed by atoms with Crippen molar-refractivity contribution in [3.63, 3.8) is 0 Å². The molecular weight excluding hydrogens is 519 g/mol. The molecule has 12 heteroatoms. The van der Waals surface area contributed by atoms with Gasteiger partial charge in [0.15, 0.2) is 11.4 Å². The maximum absolute atomic E-state index is 12.5. The van der Waals surface area contributed by atoms with Gasteiger partial charge in [0.05, 0.1) is 16.9 Å². The molecule has 0 spiro atoms. The molecule has 0 radical (unpaired) electrons. The number of esters is 1. The van der Waals surface area contributed by atoms with Crippen LogP contribution in [-0.4, -0.2) is 38.0 Å². The summed E-state index contributed by atoms with van der Waals surface area (Å²) in [6, 6.07) is 3.91. The number of aryl methyl sites for hydroxylation is 1. The van der Waals surface area contributed by atoms with Crippen molar-refractivity contribution in [3.05, 3.63) is 48.0 Å². The Balaban J connectivity index is 1.27. The van der Waals surface area contributed by atoms with E-state index in [1.165, 1.54) is 0 Å². The second-order valence-electron chi connectivity index (χ2n) is 9.36. The van der Waals surface area contributed by atoms with Crippen molar-refractivity contribution in [2.75, 3.05) is 5.73 Å². The standard InChI is InChI=1S/C26H22F3N5O3S/c1-13-22(17-6-7-31-11-21(17)38-13)20-8-18-19(10-32-24(30)23(18)37-20)14-9-33-34(12-14)15-2-4-16(5-3-15)36-25(35)26(27,28)29/h6-12,15-16H,2-5H2,1H3,(H2,30,32)/t15-,16-. The first kappa shape index (κ1) is 24.4. The third-order valence-electron chi connectivity index (χ3n) is 6.94. The average Bonchev–Trinajstić information content (AvgIpc) is 3.61. The van der Waals surface area contributed by atoms with Gasteiger partial charge in [0.2, 0.25) is 0 Å². The van der Waals surface area contributed by atoms with E-state index < -0.39 is 18.2 Å². The van der Waals surface area contributed by atoms with Gasteiger partial charge < -0.3 is 14.9 Å². The van der Waals surface area contributed by atoms with Crippen LogP contribution >= 0.6 is 11.3 Å². The number of aromatic nitrogens is 4. The minimum atomic E-state index is -4.98. The number of pyridine rings is 2. The number of thiophene rings is 1. The Hall–Kier alpha value is -3.93. The molecule has 1 aliphatic carbocycles. The largest absolute Gasteiger partial charge is 0.490 e. The number of carbonyl (C=O) groups is 1. The molecule has 38 heavy (non-hydrogen) atoms. The molecule has 196 valence electrons. The Bertz CT molecular complexity index is 1660. The maximum atomic E-state index is 12.5. The summed E-state index contributed by atoms with van der Waals surface area (Å²) in [4.78, 5) is 20.8. The molecule has 1 aliphatic rings. The number of carbonyl (C=O) groups excluding carboxylic acids is 1. The van der Waals surface area contributed by atoms with Gasteiger partial charge in [-0.05, 0) is 44.7 Å². The lowest BCUT2D eigenvalue weighted by Gasteiger charge is -2.28. The third-order valence-corrected chi connectivity index (χ3v) is 7.99. The van der Waals surface area contributed by atoms with Crippen molar-refractivity contribution in [1.29, 1.82) is 0 Å². The second kappa shape index (κ2) is 9.12. The zero-order valence-corrected chi connectivity index (χ0v) is 21.0. The lowest BCUT2D eigenvalue weighted by atomic mass is 9.93. The van der Waals surface area contributed by atoms with Crippen molar-refractivity contribution in [3.8, 4) is 22.5 Å².